The summed E-state index contributed by atoms with van der Waals surface area (Å²) in [5.74, 6) is -1.87. The second-order valence-electron chi connectivity index (χ2n) is 5.72. The van der Waals surface area contributed by atoms with Crippen molar-refractivity contribution < 1.29 is 22.8 Å². The van der Waals surface area contributed by atoms with E-state index in [4.69, 9.17) is 0 Å². The fourth-order valence-corrected chi connectivity index (χ4v) is 2.63. The van der Waals surface area contributed by atoms with Crippen molar-refractivity contribution in [3.8, 4) is 0 Å². The molecular formula is C18H15F3N4O2. The maximum atomic E-state index is 12.9. The molecule has 3 aromatic rings. The van der Waals surface area contributed by atoms with E-state index in [1.54, 1.807) is 18.3 Å². The molecule has 0 saturated carbocycles. The lowest BCUT2D eigenvalue weighted by Gasteiger charge is -2.12. The molecule has 3 N–H and O–H groups in total. The molecule has 0 aliphatic heterocycles. The fraction of sp³-hybridized carbons (Fsp3) is 0.167. The molecule has 1 aromatic carbocycles. The second-order valence-corrected chi connectivity index (χ2v) is 5.72. The van der Waals surface area contributed by atoms with Crippen LogP contribution < -0.4 is 10.6 Å². The molecule has 0 unspecified atom stereocenters. The number of fused-ring (bicyclic) bond motifs is 1. The number of H-pyrrole nitrogens is 1. The van der Waals surface area contributed by atoms with E-state index in [-0.39, 0.29) is 18.5 Å². The zero-order chi connectivity index (χ0) is 19.4. The van der Waals surface area contributed by atoms with E-state index in [0.29, 0.717) is 16.7 Å². The number of hydrogen-bond acceptors (Lipinski definition) is 3. The Morgan fingerprint density at radius 3 is 2.63 bits per heavy atom. The van der Waals surface area contributed by atoms with Crippen LogP contribution in [-0.2, 0) is 22.2 Å². The molecule has 0 atom stereocenters. The standard InChI is InChI=1S/C18H15F3N4O2/c19-18(20,21)12-5-2-1-4-11(12)7-9-23-16(26)17(27)25-14-10-24-13-6-3-8-22-15(13)14/h1-6,8,10,24H,7,9H2,(H,23,26)(H,25,27). The SMILES string of the molecule is O=C(NCCc1ccccc1C(F)(F)F)C(=O)Nc1c[nH]c2cccnc12. The first-order chi connectivity index (χ1) is 12.9. The predicted molar refractivity (Wildman–Crippen MR) is 92.9 cm³/mol. The molecule has 2 amide bonds. The second kappa shape index (κ2) is 7.48. The smallest absolute Gasteiger partial charge is 0.358 e. The maximum absolute atomic E-state index is 12.9. The van der Waals surface area contributed by atoms with Crippen molar-refractivity contribution in [3.05, 3.63) is 59.9 Å². The third-order valence-electron chi connectivity index (χ3n) is 3.89. The van der Waals surface area contributed by atoms with Crippen LogP contribution in [0.3, 0.4) is 0 Å². The van der Waals surface area contributed by atoms with Gasteiger partial charge in [-0.25, -0.2) is 0 Å². The van der Waals surface area contributed by atoms with Crippen molar-refractivity contribution in [3.63, 3.8) is 0 Å². The Morgan fingerprint density at radius 2 is 1.85 bits per heavy atom. The number of nitrogens with one attached hydrogen (secondary N) is 3. The predicted octanol–water partition coefficient (Wildman–Crippen LogP) is 2.88. The number of alkyl halides is 3. The van der Waals surface area contributed by atoms with Crippen molar-refractivity contribution in [2.45, 2.75) is 12.6 Å². The van der Waals surface area contributed by atoms with Crippen LogP contribution >= 0.6 is 0 Å². The molecule has 0 aliphatic rings. The number of pyridine rings is 1. The van der Waals surface area contributed by atoms with Crippen molar-refractivity contribution in [2.75, 3.05) is 11.9 Å². The number of halogens is 3. The molecule has 0 fully saturated rings. The molecule has 0 radical (unpaired) electrons. The molecule has 9 heteroatoms. The van der Waals surface area contributed by atoms with Gasteiger partial charge in [-0.2, -0.15) is 13.2 Å². The number of carbonyl (C=O) groups is 2. The van der Waals surface area contributed by atoms with Crippen molar-refractivity contribution in [1.82, 2.24) is 15.3 Å². The number of carbonyl (C=O) groups excluding carboxylic acids is 2. The summed E-state index contributed by atoms with van der Waals surface area (Å²) in [5, 5.41) is 4.75. The Labute approximate surface area is 151 Å². The highest BCUT2D eigenvalue weighted by atomic mass is 19.4. The number of aromatic nitrogens is 2. The van der Waals surface area contributed by atoms with E-state index in [9.17, 15) is 22.8 Å². The normalized spacial score (nSPS) is 11.4. The molecule has 0 spiro atoms. The maximum Gasteiger partial charge on any atom is 0.416 e. The lowest BCUT2D eigenvalue weighted by Crippen LogP contribution is -2.36. The van der Waals surface area contributed by atoms with Gasteiger partial charge in [0.25, 0.3) is 0 Å². The Kier molecular flexibility index (Phi) is 5.11. The lowest BCUT2D eigenvalue weighted by atomic mass is 10.0. The van der Waals surface area contributed by atoms with Crippen LogP contribution in [-0.4, -0.2) is 28.3 Å². The van der Waals surface area contributed by atoms with Gasteiger partial charge >= 0.3 is 18.0 Å². The molecule has 2 aromatic heterocycles. The number of amides is 2. The van der Waals surface area contributed by atoms with Gasteiger partial charge in [0, 0.05) is 18.9 Å². The van der Waals surface area contributed by atoms with Crippen LogP contribution in [0.1, 0.15) is 11.1 Å². The van der Waals surface area contributed by atoms with Gasteiger partial charge in [0.2, 0.25) is 0 Å². The van der Waals surface area contributed by atoms with E-state index in [1.165, 1.54) is 24.4 Å². The van der Waals surface area contributed by atoms with Crippen molar-refractivity contribution >= 4 is 28.5 Å². The summed E-state index contributed by atoms with van der Waals surface area (Å²) in [6.45, 7) is -0.106. The van der Waals surface area contributed by atoms with E-state index < -0.39 is 23.6 Å². The first kappa shape index (κ1) is 18.4. The third-order valence-corrected chi connectivity index (χ3v) is 3.89. The summed E-state index contributed by atoms with van der Waals surface area (Å²) < 4.78 is 38.8. The summed E-state index contributed by atoms with van der Waals surface area (Å²) >= 11 is 0. The Bertz CT molecular complexity index is 982. The molecular weight excluding hydrogens is 361 g/mol. The fourth-order valence-electron chi connectivity index (χ4n) is 2.63. The Balaban J connectivity index is 1.58. The number of benzene rings is 1. The Morgan fingerprint density at radius 1 is 1.07 bits per heavy atom. The van der Waals surface area contributed by atoms with Crippen LogP contribution in [0.15, 0.2) is 48.8 Å². The zero-order valence-corrected chi connectivity index (χ0v) is 13.9. The van der Waals surface area contributed by atoms with Crippen molar-refractivity contribution in [1.29, 1.82) is 0 Å². The lowest BCUT2D eigenvalue weighted by molar-refractivity contribution is -0.138. The Hall–Kier alpha value is -3.36. The van der Waals surface area contributed by atoms with Crippen LogP contribution in [0, 0.1) is 0 Å². The van der Waals surface area contributed by atoms with E-state index >= 15 is 0 Å². The molecule has 3 rings (SSSR count). The topological polar surface area (TPSA) is 86.9 Å². The van der Waals surface area contributed by atoms with Crippen LogP contribution in [0.25, 0.3) is 11.0 Å². The minimum absolute atomic E-state index is 0.0477. The summed E-state index contributed by atoms with van der Waals surface area (Å²) in [7, 11) is 0. The van der Waals surface area contributed by atoms with Gasteiger partial charge in [-0.1, -0.05) is 18.2 Å². The zero-order valence-electron chi connectivity index (χ0n) is 13.9. The minimum Gasteiger partial charge on any atom is -0.358 e. The average Bonchev–Trinajstić information content (AvgIpc) is 3.04. The summed E-state index contributed by atoms with van der Waals surface area (Å²) in [6.07, 6.45) is -1.48. The summed E-state index contributed by atoms with van der Waals surface area (Å²) in [5.41, 5.74) is 0.822. The van der Waals surface area contributed by atoms with E-state index in [1.807, 2.05) is 0 Å². The third kappa shape index (κ3) is 4.25. The average molecular weight is 376 g/mol. The highest BCUT2D eigenvalue weighted by molar-refractivity contribution is 6.40. The number of hydrogen-bond donors (Lipinski definition) is 3. The summed E-state index contributed by atoms with van der Waals surface area (Å²) in [4.78, 5) is 30.9. The summed E-state index contributed by atoms with van der Waals surface area (Å²) in [6, 6.07) is 8.59. The highest BCUT2D eigenvalue weighted by Crippen LogP contribution is 2.31. The van der Waals surface area contributed by atoms with Crippen LogP contribution in [0.5, 0.6) is 0 Å². The molecule has 0 bridgehead atoms. The molecule has 27 heavy (non-hydrogen) atoms. The van der Waals surface area contributed by atoms with E-state index in [2.05, 4.69) is 20.6 Å². The number of anilines is 1. The quantitative estimate of drug-likeness (QED) is 0.612. The monoisotopic (exact) mass is 376 g/mol. The first-order valence-electron chi connectivity index (χ1n) is 8.02. The number of nitrogens with zero attached hydrogens (tertiary/aromatic N) is 1. The van der Waals surface area contributed by atoms with Gasteiger partial charge in [-0.05, 0) is 30.2 Å². The van der Waals surface area contributed by atoms with Gasteiger partial charge in [-0.15, -0.1) is 0 Å². The molecule has 0 saturated heterocycles. The van der Waals surface area contributed by atoms with Crippen LogP contribution in [0.2, 0.25) is 0 Å². The minimum atomic E-state index is -4.47. The van der Waals surface area contributed by atoms with Gasteiger partial charge in [0.05, 0.1) is 16.8 Å². The highest BCUT2D eigenvalue weighted by Gasteiger charge is 2.32. The molecule has 6 nitrogen and oxygen atoms in total. The number of aromatic amines is 1. The van der Waals surface area contributed by atoms with Gasteiger partial charge in [0.1, 0.15) is 5.52 Å². The van der Waals surface area contributed by atoms with Gasteiger partial charge in [0.15, 0.2) is 0 Å². The van der Waals surface area contributed by atoms with E-state index in [0.717, 1.165) is 6.07 Å². The van der Waals surface area contributed by atoms with Gasteiger partial charge in [-0.3, -0.25) is 14.6 Å². The van der Waals surface area contributed by atoms with Gasteiger partial charge < -0.3 is 15.6 Å². The molecule has 140 valence electrons. The van der Waals surface area contributed by atoms with Crippen LogP contribution in [0.4, 0.5) is 18.9 Å². The van der Waals surface area contributed by atoms with Crippen molar-refractivity contribution in [2.24, 2.45) is 0 Å². The largest absolute Gasteiger partial charge is 0.416 e. The first-order valence-corrected chi connectivity index (χ1v) is 8.02. The number of rotatable bonds is 4. The molecule has 2 heterocycles. The molecule has 0 aliphatic carbocycles.